The van der Waals surface area contributed by atoms with Crippen molar-refractivity contribution in [1.82, 2.24) is 15.1 Å². The Morgan fingerprint density at radius 2 is 2.00 bits per heavy atom. The van der Waals surface area contributed by atoms with Crippen LogP contribution in [0.3, 0.4) is 0 Å². The molecule has 1 amide bonds. The smallest absolute Gasteiger partial charge is 0.236 e. The van der Waals surface area contributed by atoms with Gasteiger partial charge in [-0.05, 0) is 13.3 Å². The minimum Gasteiger partial charge on any atom is -0.383 e. The van der Waals surface area contributed by atoms with Gasteiger partial charge in [-0.2, -0.15) is 0 Å². The first-order chi connectivity index (χ1) is 8.69. The number of methoxy groups -OCH3 is 1. The van der Waals surface area contributed by atoms with Gasteiger partial charge in [-0.15, -0.1) is 0 Å². The summed E-state index contributed by atoms with van der Waals surface area (Å²) in [6, 6.07) is 0.627. The first kappa shape index (κ1) is 15.4. The third kappa shape index (κ3) is 4.92. The van der Waals surface area contributed by atoms with E-state index in [2.05, 4.69) is 24.1 Å². The molecule has 1 unspecified atom stereocenters. The van der Waals surface area contributed by atoms with Crippen molar-refractivity contribution in [3.63, 3.8) is 0 Å². The summed E-state index contributed by atoms with van der Waals surface area (Å²) in [7, 11) is 1.66. The second-order valence-corrected chi connectivity index (χ2v) is 4.84. The molecule has 1 fully saturated rings. The van der Waals surface area contributed by atoms with Gasteiger partial charge in [0, 0.05) is 45.9 Å². The Bertz CT molecular complexity index is 240. The lowest BCUT2D eigenvalue weighted by atomic mass is 10.2. The van der Waals surface area contributed by atoms with Gasteiger partial charge in [-0.3, -0.25) is 9.69 Å². The van der Waals surface area contributed by atoms with Gasteiger partial charge in [0.25, 0.3) is 0 Å². The minimum absolute atomic E-state index is 0.204. The summed E-state index contributed by atoms with van der Waals surface area (Å²) < 4.78 is 4.93. The van der Waals surface area contributed by atoms with Crippen LogP contribution >= 0.6 is 0 Å². The standard InChI is InChI=1S/C13H27N3O2/c1-4-12(2)15-6-8-16(9-7-15)13(17)11-14-5-10-18-3/h12,14H,4-11H2,1-3H3. The molecular weight excluding hydrogens is 230 g/mol. The highest BCUT2D eigenvalue weighted by molar-refractivity contribution is 5.78. The Kier molecular flexibility index (Phi) is 7.23. The Labute approximate surface area is 110 Å². The fourth-order valence-corrected chi connectivity index (χ4v) is 2.15. The van der Waals surface area contributed by atoms with Crippen molar-refractivity contribution in [2.45, 2.75) is 26.3 Å². The van der Waals surface area contributed by atoms with Gasteiger partial charge in [-0.1, -0.05) is 6.92 Å². The van der Waals surface area contributed by atoms with Gasteiger partial charge < -0.3 is 15.0 Å². The molecule has 5 heteroatoms. The van der Waals surface area contributed by atoms with E-state index >= 15 is 0 Å². The summed E-state index contributed by atoms with van der Waals surface area (Å²) in [4.78, 5) is 16.3. The van der Waals surface area contributed by atoms with E-state index in [1.54, 1.807) is 7.11 Å². The molecule has 1 aliphatic heterocycles. The Hall–Kier alpha value is -0.650. The molecule has 18 heavy (non-hydrogen) atoms. The van der Waals surface area contributed by atoms with E-state index in [0.29, 0.717) is 19.2 Å². The zero-order chi connectivity index (χ0) is 13.4. The monoisotopic (exact) mass is 257 g/mol. The Morgan fingerprint density at radius 3 is 2.56 bits per heavy atom. The molecule has 0 radical (unpaired) electrons. The number of amides is 1. The van der Waals surface area contributed by atoms with Gasteiger partial charge in [0.2, 0.25) is 5.91 Å². The summed E-state index contributed by atoms with van der Waals surface area (Å²) in [5, 5.41) is 3.10. The SMILES string of the molecule is CCC(C)N1CCN(C(=O)CNCCOC)CC1. The molecule has 0 bridgehead atoms. The highest BCUT2D eigenvalue weighted by Crippen LogP contribution is 2.08. The van der Waals surface area contributed by atoms with Crippen LogP contribution in [0.5, 0.6) is 0 Å². The maximum absolute atomic E-state index is 11.9. The normalized spacial score (nSPS) is 18.9. The molecule has 5 nitrogen and oxygen atoms in total. The number of hydrogen-bond acceptors (Lipinski definition) is 4. The Morgan fingerprint density at radius 1 is 1.33 bits per heavy atom. The van der Waals surface area contributed by atoms with E-state index in [4.69, 9.17) is 4.74 Å². The zero-order valence-electron chi connectivity index (χ0n) is 11.9. The molecule has 1 atom stereocenters. The van der Waals surface area contributed by atoms with E-state index in [1.165, 1.54) is 6.42 Å². The summed E-state index contributed by atoms with van der Waals surface area (Å²) >= 11 is 0. The largest absolute Gasteiger partial charge is 0.383 e. The molecule has 106 valence electrons. The predicted octanol–water partition coefficient (Wildman–Crippen LogP) is 0.165. The van der Waals surface area contributed by atoms with Gasteiger partial charge in [-0.25, -0.2) is 0 Å². The molecule has 0 aromatic heterocycles. The van der Waals surface area contributed by atoms with Crippen LogP contribution in [-0.4, -0.2) is 74.7 Å². The van der Waals surface area contributed by atoms with Crippen LogP contribution in [-0.2, 0) is 9.53 Å². The highest BCUT2D eigenvalue weighted by Gasteiger charge is 2.22. The van der Waals surface area contributed by atoms with Gasteiger partial charge in [0.05, 0.1) is 13.2 Å². The molecule has 1 rings (SSSR count). The number of hydrogen-bond donors (Lipinski definition) is 1. The van der Waals surface area contributed by atoms with Crippen LogP contribution < -0.4 is 5.32 Å². The van der Waals surface area contributed by atoms with Crippen LogP contribution in [0.2, 0.25) is 0 Å². The number of carbonyl (C=O) groups is 1. The second kappa shape index (κ2) is 8.45. The third-order valence-corrected chi connectivity index (χ3v) is 3.64. The fraction of sp³-hybridized carbons (Fsp3) is 0.923. The van der Waals surface area contributed by atoms with Crippen LogP contribution in [0.1, 0.15) is 20.3 Å². The topological polar surface area (TPSA) is 44.8 Å². The lowest BCUT2D eigenvalue weighted by Crippen LogP contribution is -2.52. The Balaban J connectivity index is 2.19. The maximum atomic E-state index is 11.9. The summed E-state index contributed by atoms with van der Waals surface area (Å²) in [6.07, 6.45) is 1.17. The average molecular weight is 257 g/mol. The molecule has 0 aromatic rings. The van der Waals surface area contributed by atoms with Crippen molar-refractivity contribution < 1.29 is 9.53 Å². The van der Waals surface area contributed by atoms with Crippen molar-refractivity contribution >= 4 is 5.91 Å². The summed E-state index contributed by atoms with van der Waals surface area (Å²) in [5.74, 6) is 0.204. The number of ether oxygens (including phenoxy) is 1. The van der Waals surface area contributed by atoms with Gasteiger partial charge >= 0.3 is 0 Å². The summed E-state index contributed by atoms with van der Waals surface area (Å²) in [5.41, 5.74) is 0. The molecule has 0 spiro atoms. The second-order valence-electron chi connectivity index (χ2n) is 4.84. The van der Waals surface area contributed by atoms with Crippen LogP contribution in [0.15, 0.2) is 0 Å². The highest BCUT2D eigenvalue weighted by atomic mass is 16.5. The molecule has 0 aliphatic carbocycles. The lowest BCUT2D eigenvalue weighted by molar-refractivity contribution is -0.132. The number of rotatable bonds is 7. The quantitative estimate of drug-likeness (QED) is 0.660. The number of nitrogens with zero attached hydrogens (tertiary/aromatic N) is 2. The average Bonchev–Trinajstić information content (AvgIpc) is 2.42. The van der Waals surface area contributed by atoms with E-state index in [9.17, 15) is 4.79 Å². The van der Waals surface area contributed by atoms with E-state index in [0.717, 1.165) is 32.7 Å². The van der Waals surface area contributed by atoms with Crippen molar-refractivity contribution in [3.05, 3.63) is 0 Å². The van der Waals surface area contributed by atoms with E-state index in [-0.39, 0.29) is 5.91 Å². The summed E-state index contributed by atoms with van der Waals surface area (Å²) in [6.45, 7) is 9.98. The maximum Gasteiger partial charge on any atom is 0.236 e. The number of piperazine rings is 1. The number of carbonyl (C=O) groups excluding carboxylic acids is 1. The van der Waals surface area contributed by atoms with Gasteiger partial charge in [0.1, 0.15) is 0 Å². The zero-order valence-corrected chi connectivity index (χ0v) is 11.9. The first-order valence-electron chi connectivity index (χ1n) is 6.90. The molecule has 0 saturated carbocycles. The van der Waals surface area contributed by atoms with Crippen LogP contribution in [0.4, 0.5) is 0 Å². The van der Waals surface area contributed by atoms with E-state index in [1.807, 2.05) is 4.90 Å². The third-order valence-electron chi connectivity index (χ3n) is 3.64. The molecule has 1 saturated heterocycles. The van der Waals surface area contributed by atoms with Crippen molar-refractivity contribution in [2.75, 3.05) is 53.0 Å². The molecule has 0 aromatic carbocycles. The lowest BCUT2D eigenvalue weighted by Gasteiger charge is -2.37. The first-order valence-corrected chi connectivity index (χ1v) is 6.90. The van der Waals surface area contributed by atoms with Crippen LogP contribution in [0, 0.1) is 0 Å². The van der Waals surface area contributed by atoms with Crippen LogP contribution in [0.25, 0.3) is 0 Å². The van der Waals surface area contributed by atoms with Crippen molar-refractivity contribution in [3.8, 4) is 0 Å². The van der Waals surface area contributed by atoms with Gasteiger partial charge in [0.15, 0.2) is 0 Å². The molecule has 1 N–H and O–H groups in total. The van der Waals surface area contributed by atoms with E-state index < -0.39 is 0 Å². The minimum atomic E-state index is 0.204. The molecule has 1 aliphatic rings. The number of nitrogens with one attached hydrogen (secondary N) is 1. The molecule has 1 heterocycles. The predicted molar refractivity (Wildman–Crippen MR) is 72.7 cm³/mol. The molecular formula is C13H27N3O2. The van der Waals surface area contributed by atoms with Crippen molar-refractivity contribution in [1.29, 1.82) is 0 Å². The van der Waals surface area contributed by atoms with Crippen molar-refractivity contribution in [2.24, 2.45) is 0 Å². The fourth-order valence-electron chi connectivity index (χ4n) is 2.15.